The number of aliphatic imine (C=N–C) groups is 1. The Kier molecular flexibility index (Phi) is 9.00. The first-order valence-electron chi connectivity index (χ1n) is 10.6. The van der Waals surface area contributed by atoms with Crippen LogP contribution in [-0.4, -0.2) is 35.9 Å². The molecule has 1 aromatic carbocycles. The van der Waals surface area contributed by atoms with Gasteiger partial charge in [-0.15, -0.1) is 24.0 Å². The highest BCUT2D eigenvalue weighted by molar-refractivity contribution is 14.0. The number of aryl methyl sites for hydroxylation is 2. The molecule has 1 fully saturated rings. The second kappa shape index (κ2) is 11.0. The van der Waals surface area contributed by atoms with Gasteiger partial charge >= 0.3 is 0 Å². The molecule has 0 spiro atoms. The van der Waals surface area contributed by atoms with E-state index in [1.807, 2.05) is 17.8 Å². The minimum atomic E-state index is 0. The molecule has 2 aromatic rings. The molecule has 1 aromatic heterocycles. The highest BCUT2D eigenvalue weighted by atomic mass is 127. The number of hydrogen-bond donors (Lipinski definition) is 2. The van der Waals surface area contributed by atoms with Crippen LogP contribution in [0.15, 0.2) is 29.3 Å². The van der Waals surface area contributed by atoms with E-state index < -0.39 is 0 Å². The van der Waals surface area contributed by atoms with Crippen molar-refractivity contribution in [3.05, 3.63) is 46.8 Å². The SMILES string of the molecule is CCNC(=NCc1c(C)nn(C)c1C)NCC1(c2cccc(OC)c2)CCCC1.I. The standard InChI is InChI=1S/C23H35N5O.HI/c1-6-24-22(25-15-21-17(2)27-28(4)18(21)3)26-16-23(12-7-8-13-23)19-10-9-11-20(14-19)29-5;/h9-11,14H,6-8,12-13,15-16H2,1-5H3,(H2,24,25,26);1H. The molecule has 1 aliphatic carbocycles. The lowest BCUT2D eigenvalue weighted by Gasteiger charge is -2.31. The summed E-state index contributed by atoms with van der Waals surface area (Å²) in [6, 6.07) is 8.55. The number of guanidine groups is 1. The van der Waals surface area contributed by atoms with E-state index in [4.69, 9.17) is 9.73 Å². The maximum atomic E-state index is 5.47. The number of aromatic nitrogens is 2. The Balaban J connectivity index is 0.00000320. The van der Waals surface area contributed by atoms with Crippen molar-refractivity contribution in [3.8, 4) is 5.75 Å². The summed E-state index contributed by atoms with van der Waals surface area (Å²) in [6.45, 7) is 8.59. The third-order valence-electron chi connectivity index (χ3n) is 6.24. The maximum Gasteiger partial charge on any atom is 0.191 e. The molecule has 0 radical (unpaired) electrons. The molecule has 7 heteroatoms. The highest BCUT2D eigenvalue weighted by Crippen LogP contribution is 2.41. The lowest BCUT2D eigenvalue weighted by Crippen LogP contribution is -2.44. The molecule has 1 heterocycles. The minimum Gasteiger partial charge on any atom is -0.497 e. The van der Waals surface area contributed by atoms with Gasteiger partial charge in [0.25, 0.3) is 0 Å². The van der Waals surface area contributed by atoms with Crippen molar-refractivity contribution in [2.24, 2.45) is 12.0 Å². The van der Waals surface area contributed by atoms with Gasteiger partial charge in [0.1, 0.15) is 5.75 Å². The molecule has 0 atom stereocenters. The Morgan fingerprint density at radius 3 is 2.57 bits per heavy atom. The molecular formula is C23H36IN5O. The van der Waals surface area contributed by atoms with Crippen LogP contribution in [0, 0.1) is 13.8 Å². The summed E-state index contributed by atoms with van der Waals surface area (Å²) in [5.74, 6) is 1.79. The molecule has 0 amide bonds. The first kappa shape index (κ1) is 24.5. The largest absolute Gasteiger partial charge is 0.497 e. The number of methoxy groups -OCH3 is 1. The molecule has 166 valence electrons. The summed E-state index contributed by atoms with van der Waals surface area (Å²) in [6.07, 6.45) is 4.90. The van der Waals surface area contributed by atoms with Gasteiger partial charge in [-0.25, -0.2) is 4.99 Å². The summed E-state index contributed by atoms with van der Waals surface area (Å²) in [5.41, 5.74) is 4.91. The summed E-state index contributed by atoms with van der Waals surface area (Å²) in [5, 5.41) is 11.5. The summed E-state index contributed by atoms with van der Waals surface area (Å²) in [4.78, 5) is 4.85. The lowest BCUT2D eigenvalue weighted by molar-refractivity contribution is 0.404. The van der Waals surface area contributed by atoms with Crippen LogP contribution in [0.5, 0.6) is 5.75 Å². The van der Waals surface area contributed by atoms with E-state index >= 15 is 0 Å². The van der Waals surface area contributed by atoms with Gasteiger partial charge in [-0.1, -0.05) is 25.0 Å². The van der Waals surface area contributed by atoms with Gasteiger partial charge in [-0.2, -0.15) is 5.10 Å². The third kappa shape index (κ3) is 5.47. The van der Waals surface area contributed by atoms with Crippen molar-refractivity contribution in [2.45, 2.75) is 58.4 Å². The van der Waals surface area contributed by atoms with Crippen molar-refractivity contribution in [3.63, 3.8) is 0 Å². The number of hydrogen-bond acceptors (Lipinski definition) is 3. The Labute approximate surface area is 197 Å². The summed E-state index contributed by atoms with van der Waals surface area (Å²) >= 11 is 0. The van der Waals surface area contributed by atoms with Crippen LogP contribution in [0.25, 0.3) is 0 Å². The average Bonchev–Trinajstić information content (AvgIpc) is 3.30. The zero-order chi connectivity index (χ0) is 20.9. The van der Waals surface area contributed by atoms with Crippen LogP contribution in [0.1, 0.15) is 55.1 Å². The van der Waals surface area contributed by atoms with E-state index in [9.17, 15) is 0 Å². The zero-order valence-electron chi connectivity index (χ0n) is 18.9. The van der Waals surface area contributed by atoms with Crippen LogP contribution in [-0.2, 0) is 19.0 Å². The van der Waals surface area contributed by atoms with Gasteiger partial charge in [0.2, 0.25) is 0 Å². The van der Waals surface area contributed by atoms with Crippen molar-refractivity contribution in [1.29, 1.82) is 0 Å². The first-order valence-corrected chi connectivity index (χ1v) is 10.6. The van der Waals surface area contributed by atoms with E-state index in [0.29, 0.717) is 6.54 Å². The second-order valence-electron chi connectivity index (χ2n) is 8.04. The van der Waals surface area contributed by atoms with E-state index in [-0.39, 0.29) is 29.4 Å². The number of halogens is 1. The second-order valence-corrected chi connectivity index (χ2v) is 8.04. The number of benzene rings is 1. The Morgan fingerprint density at radius 2 is 1.97 bits per heavy atom. The molecule has 1 saturated carbocycles. The van der Waals surface area contributed by atoms with Crippen molar-refractivity contribution in [2.75, 3.05) is 20.2 Å². The predicted octanol–water partition coefficient (Wildman–Crippen LogP) is 4.23. The monoisotopic (exact) mass is 525 g/mol. The lowest BCUT2D eigenvalue weighted by atomic mass is 9.78. The molecule has 0 bridgehead atoms. The molecule has 30 heavy (non-hydrogen) atoms. The van der Waals surface area contributed by atoms with Gasteiger partial charge in [0.15, 0.2) is 5.96 Å². The molecule has 3 rings (SSSR count). The Hall–Kier alpha value is -1.77. The van der Waals surface area contributed by atoms with E-state index in [2.05, 4.69) is 54.7 Å². The molecule has 2 N–H and O–H groups in total. The number of ether oxygens (including phenoxy) is 1. The van der Waals surface area contributed by atoms with E-state index in [1.165, 1.54) is 42.5 Å². The fraction of sp³-hybridized carbons (Fsp3) is 0.565. The van der Waals surface area contributed by atoms with Gasteiger partial charge < -0.3 is 15.4 Å². The molecule has 0 aliphatic heterocycles. The predicted molar refractivity (Wildman–Crippen MR) is 134 cm³/mol. The molecule has 6 nitrogen and oxygen atoms in total. The fourth-order valence-corrected chi connectivity index (χ4v) is 4.37. The van der Waals surface area contributed by atoms with Gasteiger partial charge in [0.05, 0.1) is 19.3 Å². The number of nitrogens with zero attached hydrogens (tertiary/aromatic N) is 3. The van der Waals surface area contributed by atoms with Crippen molar-refractivity contribution < 1.29 is 4.74 Å². The van der Waals surface area contributed by atoms with Gasteiger partial charge in [0, 0.05) is 36.8 Å². The molecular weight excluding hydrogens is 489 g/mol. The highest BCUT2D eigenvalue weighted by Gasteiger charge is 2.36. The zero-order valence-corrected chi connectivity index (χ0v) is 21.2. The van der Waals surface area contributed by atoms with Crippen LogP contribution >= 0.6 is 24.0 Å². The smallest absolute Gasteiger partial charge is 0.191 e. The quantitative estimate of drug-likeness (QED) is 0.323. The number of nitrogens with one attached hydrogen (secondary N) is 2. The first-order chi connectivity index (χ1) is 14.0. The Bertz CT molecular complexity index is 855. The fourth-order valence-electron chi connectivity index (χ4n) is 4.37. The normalized spacial score (nSPS) is 15.6. The van der Waals surface area contributed by atoms with Crippen LogP contribution < -0.4 is 15.4 Å². The number of rotatable bonds is 7. The minimum absolute atomic E-state index is 0. The molecule has 0 unspecified atom stereocenters. The summed E-state index contributed by atoms with van der Waals surface area (Å²) in [7, 11) is 3.72. The Morgan fingerprint density at radius 1 is 1.23 bits per heavy atom. The van der Waals surface area contributed by atoms with Gasteiger partial charge in [-0.3, -0.25) is 4.68 Å². The van der Waals surface area contributed by atoms with Crippen molar-refractivity contribution in [1.82, 2.24) is 20.4 Å². The van der Waals surface area contributed by atoms with E-state index in [1.54, 1.807) is 7.11 Å². The molecule has 0 saturated heterocycles. The maximum absolute atomic E-state index is 5.47. The van der Waals surface area contributed by atoms with Crippen LogP contribution in [0.2, 0.25) is 0 Å². The van der Waals surface area contributed by atoms with Crippen LogP contribution in [0.3, 0.4) is 0 Å². The average molecular weight is 525 g/mol. The topological polar surface area (TPSA) is 63.5 Å². The van der Waals surface area contributed by atoms with Gasteiger partial charge in [-0.05, 0) is 51.3 Å². The van der Waals surface area contributed by atoms with Crippen LogP contribution in [0.4, 0.5) is 0 Å². The van der Waals surface area contributed by atoms with E-state index in [0.717, 1.165) is 30.5 Å². The third-order valence-corrected chi connectivity index (χ3v) is 6.24. The van der Waals surface area contributed by atoms with Crippen molar-refractivity contribution >= 4 is 29.9 Å². The molecule has 1 aliphatic rings. The summed E-state index contributed by atoms with van der Waals surface area (Å²) < 4.78 is 7.40.